The standard InChI is InChI=1S/C31H30N4O4S/c1-19(2)15-27-29-25-14-7-5-10-22(25)18-35(27)30(36)21-11-8-12-23(16-21)40(37,38)34-31-32-26(17-28(33-31)39-29)24-13-6-4-9-20(24)3/h4-14,16-17,19,27,29H,15,18H2,1-3H3,(H,32,33,34)/t27-,29-/m1/s1. The number of nitrogens with zero attached hydrogens (tertiary/aromatic N) is 3. The van der Waals surface area contributed by atoms with Crippen molar-refractivity contribution in [2.75, 3.05) is 4.72 Å². The number of anilines is 1. The van der Waals surface area contributed by atoms with Crippen molar-refractivity contribution in [1.82, 2.24) is 14.9 Å². The van der Waals surface area contributed by atoms with Gasteiger partial charge < -0.3 is 9.64 Å². The van der Waals surface area contributed by atoms with Crippen LogP contribution >= 0.6 is 0 Å². The zero-order valence-electron chi connectivity index (χ0n) is 22.5. The van der Waals surface area contributed by atoms with Crippen molar-refractivity contribution in [1.29, 1.82) is 0 Å². The van der Waals surface area contributed by atoms with Crippen LogP contribution in [0.15, 0.2) is 83.8 Å². The van der Waals surface area contributed by atoms with E-state index in [-0.39, 0.29) is 34.6 Å². The maximum Gasteiger partial charge on any atom is 0.264 e. The van der Waals surface area contributed by atoms with Gasteiger partial charge in [0.2, 0.25) is 11.8 Å². The second kappa shape index (κ2) is 10.1. The van der Waals surface area contributed by atoms with Crippen molar-refractivity contribution >= 4 is 21.9 Å². The lowest BCUT2D eigenvalue weighted by molar-refractivity contribution is 0.0241. The molecule has 40 heavy (non-hydrogen) atoms. The Balaban J connectivity index is 1.61. The van der Waals surface area contributed by atoms with E-state index in [0.717, 1.165) is 22.3 Å². The molecule has 0 aliphatic carbocycles. The molecule has 0 radical (unpaired) electrons. The maximum absolute atomic E-state index is 14.0. The van der Waals surface area contributed by atoms with Gasteiger partial charge in [0.15, 0.2) is 0 Å². The van der Waals surface area contributed by atoms with Crippen LogP contribution in [-0.4, -0.2) is 35.2 Å². The number of hydrogen-bond acceptors (Lipinski definition) is 6. The monoisotopic (exact) mass is 554 g/mol. The highest BCUT2D eigenvalue weighted by molar-refractivity contribution is 7.92. The first kappa shape index (κ1) is 26.0. The fourth-order valence-electron chi connectivity index (χ4n) is 5.53. The van der Waals surface area contributed by atoms with Crippen LogP contribution in [0.4, 0.5) is 5.95 Å². The SMILES string of the molecule is Cc1ccccc1-c1cc2nc(n1)NS(=O)(=O)c1cccc(c1)C(=O)N1Cc3ccccc3[C@@H](O2)[C@H]1CC(C)C. The van der Waals surface area contributed by atoms with E-state index in [9.17, 15) is 13.2 Å². The van der Waals surface area contributed by atoms with Gasteiger partial charge in [0.05, 0.1) is 16.6 Å². The Kier molecular flexibility index (Phi) is 6.54. The van der Waals surface area contributed by atoms with Crippen molar-refractivity contribution in [3.63, 3.8) is 0 Å². The van der Waals surface area contributed by atoms with Gasteiger partial charge >= 0.3 is 0 Å². The summed E-state index contributed by atoms with van der Waals surface area (Å²) in [6.07, 6.45) is 0.160. The van der Waals surface area contributed by atoms with E-state index < -0.39 is 16.1 Å². The molecule has 2 aliphatic rings. The van der Waals surface area contributed by atoms with Crippen molar-refractivity contribution in [2.24, 2.45) is 5.92 Å². The summed E-state index contributed by atoms with van der Waals surface area (Å²) in [6.45, 7) is 6.59. The Morgan fingerprint density at radius 2 is 1.77 bits per heavy atom. The molecule has 1 aromatic heterocycles. The Bertz CT molecular complexity index is 1720. The first-order chi connectivity index (χ1) is 19.2. The highest BCUT2D eigenvalue weighted by atomic mass is 32.2. The topological polar surface area (TPSA) is 101 Å². The number of carbonyl (C=O) groups excluding carboxylic acids is 1. The number of carbonyl (C=O) groups is 1. The summed E-state index contributed by atoms with van der Waals surface area (Å²) >= 11 is 0. The minimum absolute atomic E-state index is 0.0423. The Labute approximate surface area is 234 Å². The predicted molar refractivity (Wildman–Crippen MR) is 152 cm³/mol. The molecule has 3 heterocycles. The van der Waals surface area contributed by atoms with Gasteiger partial charge in [-0.15, -0.1) is 0 Å². The van der Waals surface area contributed by atoms with Gasteiger partial charge in [0.25, 0.3) is 15.9 Å². The molecule has 2 aliphatic heterocycles. The maximum atomic E-state index is 14.0. The fourth-order valence-corrected chi connectivity index (χ4v) is 6.52. The molecule has 3 aromatic carbocycles. The van der Waals surface area contributed by atoms with Gasteiger partial charge in [-0.25, -0.2) is 18.1 Å². The molecule has 0 unspecified atom stereocenters. The number of hydrogen-bond donors (Lipinski definition) is 1. The number of fused-ring (bicyclic) bond motifs is 8. The zero-order chi connectivity index (χ0) is 28.0. The fraction of sp³-hybridized carbons (Fsp3) is 0.258. The van der Waals surface area contributed by atoms with Gasteiger partial charge in [-0.1, -0.05) is 68.4 Å². The molecular weight excluding hydrogens is 524 g/mol. The van der Waals surface area contributed by atoms with Gasteiger partial charge in [-0.3, -0.25) is 4.79 Å². The first-order valence-electron chi connectivity index (χ1n) is 13.3. The van der Waals surface area contributed by atoms with Crippen molar-refractivity contribution in [2.45, 2.75) is 50.8 Å². The van der Waals surface area contributed by atoms with Gasteiger partial charge in [-0.05, 0) is 54.2 Å². The molecule has 0 saturated carbocycles. The molecule has 6 bridgehead atoms. The molecular formula is C31H30N4O4S. The summed E-state index contributed by atoms with van der Waals surface area (Å²) in [7, 11) is -4.10. The molecule has 9 heteroatoms. The minimum Gasteiger partial charge on any atom is -0.467 e. The molecule has 8 nitrogen and oxygen atoms in total. The molecule has 0 spiro atoms. The van der Waals surface area contributed by atoms with E-state index in [1.807, 2.05) is 60.4 Å². The molecule has 204 valence electrons. The third-order valence-corrected chi connectivity index (χ3v) is 8.74. The van der Waals surface area contributed by atoms with Crippen LogP contribution in [0, 0.1) is 12.8 Å². The third kappa shape index (κ3) is 4.81. The highest BCUT2D eigenvalue weighted by Gasteiger charge is 2.40. The second-order valence-electron chi connectivity index (χ2n) is 10.7. The Hall–Kier alpha value is -4.24. The Morgan fingerprint density at radius 3 is 2.58 bits per heavy atom. The zero-order valence-corrected chi connectivity index (χ0v) is 23.4. The number of nitrogens with one attached hydrogen (secondary N) is 1. The number of aryl methyl sites for hydroxylation is 1. The minimum atomic E-state index is -4.10. The van der Waals surface area contributed by atoms with Crippen LogP contribution in [0.2, 0.25) is 0 Å². The lowest BCUT2D eigenvalue weighted by Crippen LogP contribution is -2.49. The summed E-state index contributed by atoms with van der Waals surface area (Å²) < 4.78 is 36.1. The number of amides is 1. The Morgan fingerprint density at radius 1 is 1.00 bits per heavy atom. The van der Waals surface area contributed by atoms with Crippen LogP contribution < -0.4 is 9.46 Å². The van der Waals surface area contributed by atoms with Gasteiger partial charge in [0.1, 0.15) is 6.10 Å². The van der Waals surface area contributed by atoms with Crippen LogP contribution in [0.25, 0.3) is 11.3 Å². The van der Waals surface area contributed by atoms with Crippen LogP contribution in [-0.2, 0) is 16.6 Å². The van der Waals surface area contributed by atoms with E-state index in [1.54, 1.807) is 18.2 Å². The van der Waals surface area contributed by atoms with E-state index in [1.165, 1.54) is 12.1 Å². The summed E-state index contributed by atoms with van der Waals surface area (Å²) in [5.74, 6) is 0.139. The molecule has 2 atom stereocenters. The number of aromatic nitrogens is 2. The van der Waals surface area contributed by atoms with E-state index in [2.05, 4.69) is 28.5 Å². The first-order valence-corrected chi connectivity index (χ1v) is 14.8. The molecule has 0 fully saturated rings. The molecule has 1 N–H and O–H groups in total. The largest absolute Gasteiger partial charge is 0.467 e. The summed E-state index contributed by atoms with van der Waals surface area (Å²) in [6, 6.07) is 23.2. The van der Waals surface area contributed by atoms with E-state index >= 15 is 0 Å². The summed E-state index contributed by atoms with van der Waals surface area (Å²) in [5, 5.41) is 0. The van der Waals surface area contributed by atoms with Gasteiger partial charge in [0, 0.05) is 23.7 Å². The number of rotatable bonds is 3. The van der Waals surface area contributed by atoms with Gasteiger partial charge in [-0.2, -0.15) is 4.98 Å². The smallest absolute Gasteiger partial charge is 0.264 e. The normalized spacial score (nSPS) is 19.4. The van der Waals surface area contributed by atoms with E-state index in [4.69, 9.17) is 4.74 Å². The average molecular weight is 555 g/mol. The number of sulfonamides is 1. The van der Waals surface area contributed by atoms with E-state index in [0.29, 0.717) is 24.2 Å². The quantitative estimate of drug-likeness (QED) is 0.346. The summed E-state index contributed by atoms with van der Waals surface area (Å²) in [4.78, 5) is 24.9. The third-order valence-electron chi connectivity index (χ3n) is 7.41. The number of benzene rings is 3. The molecule has 6 rings (SSSR count). The van der Waals surface area contributed by atoms with Crippen molar-refractivity contribution < 1.29 is 17.9 Å². The molecule has 0 saturated heterocycles. The van der Waals surface area contributed by atoms with Crippen molar-refractivity contribution in [3.8, 4) is 17.1 Å². The average Bonchev–Trinajstić information content (AvgIpc) is 2.93. The lowest BCUT2D eigenvalue weighted by atomic mass is 9.86. The molecule has 1 amide bonds. The van der Waals surface area contributed by atoms with Crippen LogP contribution in [0.5, 0.6) is 5.88 Å². The highest BCUT2D eigenvalue weighted by Crippen LogP contribution is 2.39. The summed E-state index contributed by atoms with van der Waals surface area (Å²) in [5.41, 5.74) is 4.60. The molecule has 4 aromatic rings. The predicted octanol–water partition coefficient (Wildman–Crippen LogP) is 5.76. The van der Waals surface area contributed by atoms with Crippen molar-refractivity contribution in [3.05, 3.63) is 101 Å². The lowest BCUT2D eigenvalue weighted by Gasteiger charge is -2.43. The second-order valence-corrected chi connectivity index (χ2v) is 12.4. The van der Waals surface area contributed by atoms with Crippen LogP contribution in [0.3, 0.4) is 0 Å². The number of ether oxygens (including phenoxy) is 1. The van der Waals surface area contributed by atoms with Crippen LogP contribution in [0.1, 0.15) is 53.4 Å².